The van der Waals surface area contributed by atoms with Gasteiger partial charge < -0.3 is 0 Å². The van der Waals surface area contributed by atoms with E-state index in [0.717, 1.165) is 0 Å². The molecule has 20 heavy (non-hydrogen) atoms. The lowest BCUT2D eigenvalue weighted by molar-refractivity contribution is 0.203. The molecule has 2 aromatic rings. The minimum Gasteiger partial charge on any atom is -0.234 e. The molecule has 0 spiro atoms. The Morgan fingerprint density at radius 2 is 1.60 bits per heavy atom. The van der Waals surface area contributed by atoms with Crippen LogP contribution in [0.15, 0.2) is 60.7 Å². The third kappa shape index (κ3) is 2.15. The highest BCUT2D eigenvalue weighted by Crippen LogP contribution is 2.48. The van der Waals surface area contributed by atoms with Crippen LogP contribution in [-0.2, 0) is 6.42 Å². The van der Waals surface area contributed by atoms with E-state index >= 15 is 0 Å². The molecule has 0 aliphatic carbocycles. The van der Waals surface area contributed by atoms with E-state index in [1.54, 1.807) is 0 Å². The highest BCUT2D eigenvalue weighted by Gasteiger charge is 2.55. The third-order valence-corrected chi connectivity index (χ3v) is 4.51. The molecule has 0 aromatic heterocycles. The molecule has 5 unspecified atom stereocenters. The minimum atomic E-state index is 0.594. The van der Waals surface area contributed by atoms with Gasteiger partial charge in [0.2, 0.25) is 0 Å². The topological polar surface area (TPSA) is 6.02 Å². The van der Waals surface area contributed by atoms with E-state index in [1.807, 2.05) is 0 Å². The van der Waals surface area contributed by atoms with Gasteiger partial charge in [-0.3, -0.25) is 0 Å². The number of rotatable bonds is 4. The zero-order valence-corrected chi connectivity index (χ0v) is 11.8. The second-order valence-corrected chi connectivity index (χ2v) is 5.94. The van der Waals surface area contributed by atoms with Gasteiger partial charge >= 0.3 is 0 Å². The smallest absolute Gasteiger partial charge is 0.0666 e. The summed E-state index contributed by atoms with van der Waals surface area (Å²) in [4.78, 5) is 0. The van der Waals surface area contributed by atoms with Crippen molar-refractivity contribution in [3.8, 4) is 0 Å². The average molecular weight is 264 g/mol. The van der Waals surface area contributed by atoms with Crippen molar-refractivity contribution in [3.05, 3.63) is 71.8 Å². The molecule has 5 atom stereocenters. The predicted molar refractivity (Wildman–Crippen MR) is 81.1 cm³/mol. The zero-order valence-electron chi connectivity index (χ0n) is 11.8. The quantitative estimate of drug-likeness (QED) is 0.782. The van der Waals surface area contributed by atoms with E-state index in [1.165, 1.54) is 24.1 Å². The van der Waals surface area contributed by atoms with Crippen molar-refractivity contribution in [2.75, 3.05) is 6.54 Å². The van der Waals surface area contributed by atoms with E-state index < -0.39 is 0 Å². The summed E-state index contributed by atoms with van der Waals surface area (Å²) < 4.78 is 0. The van der Waals surface area contributed by atoms with Crippen LogP contribution in [0.1, 0.15) is 24.1 Å². The number of hydrazine groups is 1. The van der Waals surface area contributed by atoms with Crippen molar-refractivity contribution in [1.29, 1.82) is 0 Å². The first-order valence-electron chi connectivity index (χ1n) is 7.48. The zero-order chi connectivity index (χ0) is 13.5. The van der Waals surface area contributed by atoms with Crippen molar-refractivity contribution >= 4 is 0 Å². The summed E-state index contributed by atoms with van der Waals surface area (Å²) in [5.41, 5.74) is 2.90. The summed E-state index contributed by atoms with van der Waals surface area (Å²) in [6, 6.07) is 23.6. The van der Waals surface area contributed by atoms with Gasteiger partial charge in [0.15, 0.2) is 0 Å². The molecule has 0 radical (unpaired) electrons. The summed E-state index contributed by atoms with van der Waals surface area (Å²) in [5.74, 6) is 0. The van der Waals surface area contributed by atoms with Crippen molar-refractivity contribution < 1.29 is 0 Å². The highest BCUT2D eigenvalue weighted by molar-refractivity contribution is 5.27. The van der Waals surface area contributed by atoms with Crippen LogP contribution in [0.25, 0.3) is 0 Å². The fourth-order valence-corrected chi connectivity index (χ4v) is 3.32. The van der Waals surface area contributed by atoms with Gasteiger partial charge in [-0.2, -0.15) is 0 Å². The molecule has 2 heteroatoms. The Kier molecular flexibility index (Phi) is 2.86. The third-order valence-electron chi connectivity index (χ3n) is 4.51. The Bertz CT molecular complexity index is 581. The predicted octanol–water partition coefficient (Wildman–Crippen LogP) is 3.27. The first kappa shape index (κ1) is 12.1. The van der Waals surface area contributed by atoms with Gasteiger partial charge in [-0.15, -0.1) is 0 Å². The number of hydrogen-bond donors (Lipinski definition) is 0. The van der Waals surface area contributed by atoms with Crippen molar-refractivity contribution in [2.45, 2.75) is 31.5 Å². The Morgan fingerprint density at radius 1 is 0.950 bits per heavy atom. The van der Waals surface area contributed by atoms with Crippen LogP contribution < -0.4 is 0 Å². The molecular formula is C18H20N2. The fraction of sp³-hybridized carbons (Fsp3) is 0.333. The second kappa shape index (κ2) is 4.72. The summed E-state index contributed by atoms with van der Waals surface area (Å²) in [6.07, 6.45) is 1.17. The van der Waals surface area contributed by atoms with Gasteiger partial charge in [0.25, 0.3) is 0 Å². The largest absolute Gasteiger partial charge is 0.234 e. The Balaban J connectivity index is 1.40. The van der Waals surface area contributed by atoms with Crippen molar-refractivity contribution in [3.63, 3.8) is 0 Å². The van der Waals surface area contributed by atoms with Crippen molar-refractivity contribution in [2.24, 2.45) is 0 Å². The standard InChI is InChI=1S/C18H20N2/c1-14-18(16-10-6-3-7-11-16)20(14)19-13-17(19)12-15-8-4-2-5-9-15/h2-11,14,17-18H,12-13H2,1H3. The molecular weight excluding hydrogens is 244 g/mol. The molecule has 0 saturated carbocycles. The lowest BCUT2D eigenvalue weighted by Gasteiger charge is -2.06. The van der Waals surface area contributed by atoms with Crippen LogP contribution in [0.3, 0.4) is 0 Å². The van der Waals surface area contributed by atoms with E-state index in [2.05, 4.69) is 77.6 Å². The van der Waals surface area contributed by atoms with Crippen LogP contribution in [0.2, 0.25) is 0 Å². The lowest BCUT2D eigenvalue weighted by Crippen LogP contribution is -2.13. The summed E-state index contributed by atoms with van der Waals surface area (Å²) >= 11 is 0. The van der Waals surface area contributed by atoms with E-state index in [4.69, 9.17) is 0 Å². The molecule has 0 N–H and O–H groups in total. The minimum absolute atomic E-state index is 0.594. The summed E-state index contributed by atoms with van der Waals surface area (Å²) in [6.45, 7) is 3.54. The molecule has 2 heterocycles. The monoisotopic (exact) mass is 264 g/mol. The molecule has 2 aromatic carbocycles. The second-order valence-electron chi connectivity index (χ2n) is 5.94. The van der Waals surface area contributed by atoms with Crippen LogP contribution in [0, 0.1) is 0 Å². The lowest BCUT2D eigenvalue weighted by atomic mass is 10.1. The van der Waals surface area contributed by atoms with Crippen LogP contribution in [0.4, 0.5) is 0 Å². The number of benzene rings is 2. The molecule has 4 rings (SSSR count). The molecule has 2 saturated heterocycles. The average Bonchev–Trinajstić information content (AvgIpc) is 3.38. The molecule has 2 aliphatic rings. The fourth-order valence-electron chi connectivity index (χ4n) is 3.32. The molecule has 0 bridgehead atoms. The van der Waals surface area contributed by atoms with Crippen LogP contribution in [0.5, 0.6) is 0 Å². The van der Waals surface area contributed by atoms with E-state index in [-0.39, 0.29) is 0 Å². The SMILES string of the molecule is CC1C(c2ccccc2)N1N1CC1Cc1ccccc1. The van der Waals surface area contributed by atoms with Gasteiger partial charge in [0.1, 0.15) is 0 Å². The molecule has 0 amide bonds. The maximum absolute atomic E-state index is 2.54. The Hall–Kier alpha value is -1.64. The van der Waals surface area contributed by atoms with Gasteiger partial charge in [0.05, 0.1) is 6.04 Å². The Morgan fingerprint density at radius 3 is 2.30 bits per heavy atom. The Labute approximate surface area is 120 Å². The van der Waals surface area contributed by atoms with E-state index in [9.17, 15) is 0 Å². The number of hydrogen-bond acceptors (Lipinski definition) is 2. The molecule has 102 valence electrons. The maximum atomic E-state index is 2.54. The first-order chi connectivity index (χ1) is 9.84. The summed E-state index contributed by atoms with van der Waals surface area (Å²) in [5, 5.41) is 5.08. The van der Waals surface area contributed by atoms with Gasteiger partial charge in [-0.05, 0) is 24.5 Å². The van der Waals surface area contributed by atoms with Crippen LogP contribution >= 0.6 is 0 Å². The molecule has 2 fully saturated rings. The maximum Gasteiger partial charge on any atom is 0.0666 e. The number of nitrogens with zero attached hydrogens (tertiary/aromatic N) is 2. The van der Waals surface area contributed by atoms with Gasteiger partial charge in [-0.25, -0.2) is 10.0 Å². The normalized spacial score (nSPS) is 34.8. The van der Waals surface area contributed by atoms with Crippen molar-refractivity contribution in [1.82, 2.24) is 10.0 Å². The van der Waals surface area contributed by atoms with Gasteiger partial charge in [0, 0.05) is 18.6 Å². The summed E-state index contributed by atoms with van der Waals surface area (Å²) in [7, 11) is 0. The molecule has 2 aliphatic heterocycles. The molecule has 2 nitrogen and oxygen atoms in total. The van der Waals surface area contributed by atoms with Gasteiger partial charge in [-0.1, -0.05) is 60.7 Å². The van der Waals surface area contributed by atoms with Crippen LogP contribution in [-0.4, -0.2) is 28.6 Å². The van der Waals surface area contributed by atoms with E-state index in [0.29, 0.717) is 18.1 Å². The first-order valence-corrected chi connectivity index (χ1v) is 7.48. The highest BCUT2D eigenvalue weighted by atomic mass is 15.8.